The largest absolute Gasteiger partial charge is 0.329 e. The summed E-state index contributed by atoms with van der Waals surface area (Å²) in [5, 5.41) is 2.35. The normalized spacial score (nSPS) is 20.0. The first kappa shape index (κ1) is 10.3. The van der Waals surface area contributed by atoms with E-state index in [0.717, 1.165) is 22.0 Å². The molecule has 2 aliphatic rings. The number of rotatable bonds is 3. The van der Waals surface area contributed by atoms with E-state index in [1.54, 1.807) is 0 Å². The van der Waals surface area contributed by atoms with Crippen LogP contribution in [0.3, 0.4) is 0 Å². The Bertz CT molecular complexity index is 379. The van der Waals surface area contributed by atoms with Crippen LogP contribution in [-0.2, 0) is 14.4 Å². The Kier molecular flexibility index (Phi) is 2.43. The van der Waals surface area contributed by atoms with Crippen LogP contribution in [0.15, 0.2) is 12.2 Å². The van der Waals surface area contributed by atoms with Gasteiger partial charge in [-0.3, -0.25) is 24.2 Å². The van der Waals surface area contributed by atoms with Gasteiger partial charge in [0.25, 0.3) is 11.8 Å². The molecular formula is C9H9N3O4. The van der Waals surface area contributed by atoms with Crippen LogP contribution in [0.4, 0.5) is 4.79 Å². The van der Waals surface area contributed by atoms with Crippen molar-refractivity contribution in [3.05, 3.63) is 12.2 Å². The van der Waals surface area contributed by atoms with Gasteiger partial charge < -0.3 is 5.32 Å². The molecule has 2 heterocycles. The summed E-state index contributed by atoms with van der Waals surface area (Å²) in [6, 6.07) is -0.489. The monoisotopic (exact) mass is 223 g/mol. The molecule has 0 aromatic rings. The summed E-state index contributed by atoms with van der Waals surface area (Å²) < 4.78 is 0. The Morgan fingerprint density at radius 1 is 1.00 bits per heavy atom. The lowest BCUT2D eigenvalue weighted by Crippen LogP contribution is -2.41. The number of nitrogens with one attached hydrogen (secondary N) is 1. The first-order valence-electron chi connectivity index (χ1n) is 4.71. The minimum atomic E-state index is -0.489. The molecule has 0 bridgehead atoms. The summed E-state index contributed by atoms with van der Waals surface area (Å²) in [6.45, 7) is 0.0344. The molecule has 0 aromatic heterocycles. The Hall–Kier alpha value is -2.18. The van der Waals surface area contributed by atoms with E-state index in [2.05, 4.69) is 5.32 Å². The average molecular weight is 223 g/mol. The molecule has 2 aliphatic heterocycles. The molecule has 1 fully saturated rings. The zero-order valence-electron chi connectivity index (χ0n) is 8.30. The van der Waals surface area contributed by atoms with Gasteiger partial charge in [0.1, 0.15) is 0 Å². The van der Waals surface area contributed by atoms with E-state index < -0.39 is 17.8 Å². The van der Waals surface area contributed by atoms with Crippen molar-refractivity contribution in [3.8, 4) is 0 Å². The maximum Gasteiger partial charge on any atom is 0.324 e. The maximum atomic E-state index is 11.2. The van der Waals surface area contributed by atoms with Crippen LogP contribution in [0.25, 0.3) is 0 Å². The van der Waals surface area contributed by atoms with Crippen molar-refractivity contribution in [1.29, 1.82) is 0 Å². The molecule has 7 nitrogen and oxygen atoms in total. The first-order chi connectivity index (χ1) is 7.59. The number of hydrogen-bond donors (Lipinski definition) is 1. The van der Waals surface area contributed by atoms with Gasteiger partial charge in [0, 0.05) is 25.2 Å². The van der Waals surface area contributed by atoms with Crippen LogP contribution in [-0.4, -0.2) is 53.2 Å². The van der Waals surface area contributed by atoms with Crippen molar-refractivity contribution in [1.82, 2.24) is 15.1 Å². The fourth-order valence-electron chi connectivity index (χ4n) is 1.53. The highest BCUT2D eigenvalue weighted by Gasteiger charge is 2.30. The number of amides is 5. The standard InChI is InChI=1S/C9H9N3O4/c13-6-1-2-7(14)11(6)3-4-12-8(15)5-10-9(12)16/h1-2H,3-5H2,(H,10,16). The molecule has 5 amide bonds. The van der Waals surface area contributed by atoms with Crippen molar-refractivity contribution < 1.29 is 19.2 Å². The smallest absolute Gasteiger partial charge is 0.324 e. The third-order valence-electron chi connectivity index (χ3n) is 2.38. The van der Waals surface area contributed by atoms with Gasteiger partial charge >= 0.3 is 6.03 Å². The molecule has 0 atom stereocenters. The third kappa shape index (κ3) is 1.67. The molecule has 0 unspecified atom stereocenters. The van der Waals surface area contributed by atoms with Gasteiger partial charge in [-0.25, -0.2) is 4.79 Å². The predicted octanol–water partition coefficient (Wildman–Crippen LogP) is -1.54. The van der Waals surface area contributed by atoms with Crippen LogP contribution in [0, 0.1) is 0 Å². The number of hydrogen-bond acceptors (Lipinski definition) is 4. The fourth-order valence-corrected chi connectivity index (χ4v) is 1.53. The Morgan fingerprint density at radius 3 is 2.06 bits per heavy atom. The van der Waals surface area contributed by atoms with Crippen LogP contribution in [0.1, 0.15) is 0 Å². The Balaban J connectivity index is 1.93. The Labute approximate surface area is 90.7 Å². The minimum absolute atomic E-state index is 0.0288. The molecule has 0 radical (unpaired) electrons. The molecule has 7 heteroatoms. The predicted molar refractivity (Wildman–Crippen MR) is 51.0 cm³/mol. The SMILES string of the molecule is O=C1C=CC(=O)N1CCN1C(=O)CNC1=O. The third-order valence-corrected chi connectivity index (χ3v) is 2.38. The molecule has 0 aromatic carbocycles. The zero-order valence-corrected chi connectivity index (χ0v) is 8.30. The maximum absolute atomic E-state index is 11.2. The van der Waals surface area contributed by atoms with E-state index in [0.29, 0.717) is 0 Å². The summed E-state index contributed by atoms with van der Waals surface area (Å²) in [6.07, 6.45) is 2.32. The lowest BCUT2D eigenvalue weighted by Gasteiger charge is -2.17. The van der Waals surface area contributed by atoms with Crippen molar-refractivity contribution in [2.45, 2.75) is 0 Å². The molecule has 84 valence electrons. The lowest BCUT2D eigenvalue weighted by atomic mass is 10.4. The van der Waals surface area contributed by atoms with Crippen LogP contribution in [0.2, 0.25) is 0 Å². The van der Waals surface area contributed by atoms with Gasteiger partial charge in [0.15, 0.2) is 0 Å². The lowest BCUT2D eigenvalue weighted by molar-refractivity contribution is -0.138. The summed E-state index contributed by atoms with van der Waals surface area (Å²) >= 11 is 0. The van der Waals surface area contributed by atoms with Crippen molar-refractivity contribution in [3.63, 3.8) is 0 Å². The summed E-state index contributed by atoms with van der Waals surface area (Å²) in [7, 11) is 0. The summed E-state index contributed by atoms with van der Waals surface area (Å²) in [5.41, 5.74) is 0. The molecule has 1 saturated heterocycles. The van der Waals surface area contributed by atoms with Gasteiger partial charge in [-0.2, -0.15) is 0 Å². The van der Waals surface area contributed by atoms with Crippen molar-refractivity contribution in [2.24, 2.45) is 0 Å². The highest BCUT2D eigenvalue weighted by Crippen LogP contribution is 2.05. The number of imide groups is 2. The number of nitrogens with zero attached hydrogens (tertiary/aromatic N) is 2. The Morgan fingerprint density at radius 2 is 1.56 bits per heavy atom. The highest BCUT2D eigenvalue weighted by atomic mass is 16.2. The fraction of sp³-hybridized carbons (Fsp3) is 0.333. The molecular weight excluding hydrogens is 214 g/mol. The quantitative estimate of drug-likeness (QED) is 0.464. The average Bonchev–Trinajstić information content (AvgIpc) is 2.72. The highest BCUT2D eigenvalue weighted by molar-refractivity contribution is 6.13. The molecule has 16 heavy (non-hydrogen) atoms. The van der Waals surface area contributed by atoms with Gasteiger partial charge in [-0.15, -0.1) is 0 Å². The molecule has 0 spiro atoms. The van der Waals surface area contributed by atoms with E-state index in [9.17, 15) is 19.2 Å². The van der Waals surface area contributed by atoms with Crippen LogP contribution in [0.5, 0.6) is 0 Å². The second kappa shape index (κ2) is 3.76. The van der Waals surface area contributed by atoms with Gasteiger partial charge in [-0.1, -0.05) is 0 Å². The minimum Gasteiger partial charge on any atom is -0.329 e. The second-order valence-corrected chi connectivity index (χ2v) is 3.37. The molecule has 0 aliphatic carbocycles. The van der Waals surface area contributed by atoms with E-state index in [4.69, 9.17) is 0 Å². The second-order valence-electron chi connectivity index (χ2n) is 3.37. The van der Waals surface area contributed by atoms with Crippen LogP contribution >= 0.6 is 0 Å². The van der Waals surface area contributed by atoms with Gasteiger partial charge in [0.05, 0.1) is 6.54 Å². The first-order valence-corrected chi connectivity index (χ1v) is 4.71. The van der Waals surface area contributed by atoms with Crippen LogP contribution < -0.4 is 5.32 Å². The van der Waals surface area contributed by atoms with Crippen molar-refractivity contribution >= 4 is 23.8 Å². The van der Waals surface area contributed by atoms with Crippen molar-refractivity contribution in [2.75, 3.05) is 19.6 Å². The van der Waals surface area contributed by atoms with E-state index in [-0.39, 0.29) is 25.5 Å². The number of carbonyl (C=O) groups is 4. The molecule has 0 saturated carbocycles. The number of carbonyl (C=O) groups excluding carboxylic acids is 4. The zero-order chi connectivity index (χ0) is 11.7. The summed E-state index contributed by atoms with van der Waals surface area (Å²) in [5.74, 6) is -1.19. The van der Waals surface area contributed by atoms with Gasteiger partial charge in [-0.05, 0) is 0 Å². The topological polar surface area (TPSA) is 86.8 Å². The number of urea groups is 1. The molecule has 2 rings (SSSR count). The van der Waals surface area contributed by atoms with E-state index >= 15 is 0 Å². The summed E-state index contributed by atoms with van der Waals surface area (Å²) in [4.78, 5) is 46.6. The van der Waals surface area contributed by atoms with E-state index in [1.807, 2.05) is 0 Å². The van der Waals surface area contributed by atoms with E-state index in [1.165, 1.54) is 0 Å². The van der Waals surface area contributed by atoms with Gasteiger partial charge in [0.2, 0.25) is 5.91 Å². The molecule has 1 N–H and O–H groups in total.